The number of hydrogen-bond acceptors (Lipinski definition) is 3. The predicted molar refractivity (Wildman–Crippen MR) is 107 cm³/mol. The summed E-state index contributed by atoms with van der Waals surface area (Å²) in [7, 11) is 0. The molecule has 0 unspecified atom stereocenters. The second-order valence-electron chi connectivity index (χ2n) is 7.11. The summed E-state index contributed by atoms with van der Waals surface area (Å²) in [6.07, 6.45) is 0. The highest BCUT2D eigenvalue weighted by Gasteiger charge is 2.29. The number of H-pyrrole nitrogens is 1. The summed E-state index contributed by atoms with van der Waals surface area (Å²) in [6, 6.07) is 16.0. The van der Waals surface area contributed by atoms with Crippen molar-refractivity contribution < 1.29 is 9.59 Å². The average molecular weight is 361 g/mol. The number of carbonyl (C=O) groups is 2. The van der Waals surface area contributed by atoms with Crippen molar-refractivity contribution in [1.29, 1.82) is 0 Å². The van der Waals surface area contributed by atoms with E-state index in [9.17, 15) is 9.59 Å². The molecule has 0 bridgehead atoms. The fourth-order valence-corrected chi connectivity index (χ4v) is 3.74. The first-order valence-corrected chi connectivity index (χ1v) is 9.27. The predicted octanol–water partition coefficient (Wildman–Crippen LogP) is 3.32. The van der Waals surface area contributed by atoms with Crippen LogP contribution in [0.2, 0.25) is 0 Å². The third kappa shape index (κ3) is 3.21. The quantitative estimate of drug-likeness (QED) is 0.575. The lowest BCUT2D eigenvalue weighted by molar-refractivity contribution is -0.126. The maximum atomic E-state index is 12.9. The molecular weight excluding hydrogens is 338 g/mol. The van der Waals surface area contributed by atoms with Crippen LogP contribution in [0.3, 0.4) is 0 Å². The maximum Gasteiger partial charge on any atom is 0.295 e. The summed E-state index contributed by atoms with van der Waals surface area (Å²) in [5.74, 6) is -0.833. The Hall–Kier alpha value is -3.08. The highest BCUT2D eigenvalue weighted by atomic mass is 16.2. The van der Waals surface area contributed by atoms with Crippen LogP contribution in [-0.2, 0) is 4.79 Å². The van der Waals surface area contributed by atoms with Crippen molar-refractivity contribution in [2.45, 2.75) is 13.8 Å². The minimum absolute atomic E-state index is 0.411. The number of amides is 1. The van der Waals surface area contributed by atoms with E-state index in [1.165, 1.54) is 5.56 Å². The van der Waals surface area contributed by atoms with Crippen LogP contribution in [0.1, 0.15) is 21.6 Å². The Morgan fingerprint density at radius 3 is 2.26 bits per heavy atom. The first-order valence-electron chi connectivity index (χ1n) is 9.27. The summed E-state index contributed by atoms with van der Waals surface area (Å²) >= 11 is 0. The Kier molecular flexibility index (Phi) is 4.44. The van der Waals surface area contributed by atoms with Gasteiger partial charge >= 0.3 is 0 Å². The Balaban J connectivity index is 1.48. The molecule has 4 rings (SSSR count). The van der Waals surface area contributed by atoms with Crippen molar-refractivity contribution in [2.24, 2.45) is 0 Å². The van der Waals surface area contributed by atoms with E-state index < -0.39 is 11.7 Å². The van der Waals surface area contributed by atoms with Gasteiger partial charge < -0.3 is 14.8 Å². The number of carbonyl (C=O) groups excluding carboxylic acids is 2. The number of aromatic nitrogens is 1. The Morgan fingerprint density at radius 2 is 1.56 bits per heavy atom. The van der Waals surface area contributed by atoms with Crippen molar-refractivity contribution in [3.8, 4) is 0 Å². The van der Waals surface area contributed by atoms with Crippen LogP contribution in [0.25, 0.3) is 10.9 Å². The molecule has 5 nitrogen and oxygen atoms in total. The van der Waals surface area contributed by atoms with Gasteiger partial charge in [0.25, 0.3) is 11.7 Å². The van der Waals surface area contributed by atoms with Crippen LogP contribution in [0.5, 0.6) is 0 Å². The third-order valence-corrected chi connectivity index (χ3v) is 5.28. The SMILES string of the molecule is Cc1ccc(N2CCN(C(=O)C(=O)c3c(C)[nH]c4ccccc34)CC2)cc1. The second kappa shape index (κ2) is 6.91. The number of nitrogens with one attached hydrogen (secondary N) is 1. The van der Waals surface area contributed by atoms with Crippen LogP contribution in [0.15, 0.2) is 48.5 Å². The number of ketones is 1. The van der Waals surface area contributed by atoms with E-state index in [0.29, 0.717) is 18.7 Å². The molecule has 1 saturated heterocycles. The Labute approximate surface area is 158 Å². The van der Waals surface area contributed by atoms with Gasteiger partial charge in [0, 0.05) is 48.5 Å². The number of anilines is 1. The number of hydrogen-bond donors (Lipinski definition) is 1. The smallest absolute Gasteiger partial charge is 0.295 e. The summed E-state index contributed by atoms with van der Waals surface area (Å²) < 4.78 is 0. The van der Waals surface area contributed by atoms with Gasteiger partial charge in [-0.15, -0.1) is 0 Å². The molecule has 5 heteroatoms. The molecule has 3 aromatic rings. The van der Waals surface area contributed by atoms with E-state index in [2.05, 4.69) is 41.1 Å². The number of aromatic amines is 1. The van der Waals surface area contributed by atoms with Gasteiger partial charge in [0.05, 0.1) is 5.56 Å². The van der Waals surface area contributed by atoms with Gasteiger partial charge in [0.1, 0.15) is 0 Å². The van der Waals surface area contributed by atoms with Gasteiger partial charge in [-0.2, -0.15) is 0 Å². The van der Waals surface area contributed by atoms with Crippen LogP contribution in [0, 0.1) is 13.8 Å². The number of fused-ring (bicyclic) bond motifs is 1. The fourth-order valence-electron chi connectivity index (χ4n) is 3.74. The topological polar surface area (TPSA) is 56.4 Å². The summed E-state index contributed by atoms with van der Waals surface area (Å²) in [4.78, 5) is 32.9. The van der Waals surface area contributed by atoms with E-state index in [1.54, 1.807) is 4.90 Å². The fraction of sp³-hybridized carbons (Fsp3) is 0.273. The molecule has 1 aliphatic heterocycles. The molecular formula is C22H23N3O2. The molecule has 1 N–H and O–H groups in total. The van der Waals surface area contributed by atoms with Gasteiger partial charge in [-0.3, -0.25) is 9.59 Å². The number of piperazine rings is 1. The Morgan fingerprint density at radius 1 is 0.889 bits per heavy atom. The van der Waals surface area contributed by atoms with Crippen LogP contribution in [-0.4, -0.2) is 47.8 Å². The van der Waals surface area contributed by atoms with Crippen molar-refractivity contribution >= 4 is 28.3 Å². The van der Waals surface area contributed by atoms with E-state index in [1.807, 2.05) is 31.2 Å². The molecule has 0 atom stereocenters. The molecule has 0 saturated carbocycles. The van der Waals surface area contributed by atoms with Gasteiger partial charge in [-0.1, -0.05) is 35.9 Å². The van der Waals surface area contributed by atoms with Gasteiger partial charge in [0.15, 0.2) is 0 Å². The molecule has 2 aromatic carbocycles. The molecule has 1 amide bonds. The molecule has 0 radical (unpaired) electrons. The minimum atomic E-state index is -0.422. The zero-order valence-corrected chi connectivity index (χ0v) is 15.7. The number of rotatable bonds is 3. The highest BCUT2D eigenvalue weighted by Crippen LogP contribution is 2.23. The van der Waals surface area contributed by atoms with E-state index in [-0.39, 0.29) is 0 Å². The largest absolute Gasteiger partial charge is 0.368 e. The lowest BCUT2D eigenvalue weighted by Gasteiger charge is -2.35. The standard InChI is InChI=1S/C22H23N3O2/c1-15-7-9-17(10-8-15)24-11-13-25(14-12-24)22(27)21(26)20-16(2)23-19-6-4-3-5-18(19)20/h3-10,23H,11-14H2,1-2H3. The van der Waals surface area contributed by atoms with Crippen LogP contribution >= 0.6 is 0 Å². The molecule has 2 heterocycles. The van der Waals surface area contributed by atoms with Crippen molar-refractivity contribution in [3.63, 3.8) is 0 Å². The van der Waals surface area contributed by atoms with Crippen molar-refractivity contribution in [1.82, 2.24) is 9.88 Å². The Bertz CT molecular complexity index is 996. The van der Waals surface area contributed by atoms with Crippen molar-refractivity contribution in [3.05, 3.63) is 65.4 Å². The van der Waals surface area contributed by atoms with Gasteiger partial charge in [-0.05, 0) is 32.0 Å². The zero-order chi connectivity index (χ0) is 19.0. The highest BCUT2D eigenvalue weighted by molar-refractivity contribution is 6.45. The van der Waals surface area contributed by atoms with Gasteiger partial charge in [0.2, 0.25) is 0 Å². The minimum Gasteiger partial charge on any atom is -0.368 e. The maximum absolute atomic E-state index is 12.9. The van der Waals surface area contributed by atoms with E-state index in [0.717, 1.165) is 35.4 Å². The van der Waals surface area contributed by atoms with Crippen LogP contribution < -0.4 is 4.90 Å². The molecule has 0 aliphatic carbocycles. The van der Waals surface area contributed by atoms with Gasteiger partial charge in [-0.25, -0.2) is 0 Å². The number of benzene rings is 2. The summed E-state index contributed by atoms with van der Waals surface area (Å²) in [5, 5.41) is 0.812. The van der Waals surface area contributed by atoms with E-state index in [4.69, 9.17) is 0 Å². The summed E-state index contributed by atoms with van der Waals surface area (Å²) in [6.45, 7) is 6.48. The zero-order valence-electron chi connectivity index (χ0n) is 15.7. The molecule has 1 aromatic heterocycles. The van der Waals surface area contributed by atoms with Crippen molar-refractivity contribution in [2.75, 3.05) is 31.1 Å². The molecule has 1 fully saturated rings. The number of nitrogens with zero attached hydrogens (tertiary/aromatic N) is 2. The van der Waals surface area contributed by atoms with Crippen LogP contribution in [0.4, 0.5) is 5.69 Å². The lowest BCUT2D eigenvalue weighted by Crippen LogP contribution is -2.50. The summed E-state index contributed by atoms with van der Waals surface area (Å²) in [5.41, 5.74) is 4.51. The third-order valence-electron chi connectivity index (χ3n) is 5.28. The number of aryl methyl sites for hydroxylation is 2. The lowest BCUT2D eigenvalue weighted by atomic mass is 10.1. The normalized spacial score (nSPS) is 14.6. The molecule has 0 spiro atoms. The monoisotopic (exact) mass is 361 g/mol. The molecule has 138 valence electrons. The molecule has 1 aliphatic rings. The second-order valence-corrected chi connectivity index (χ2v) is 7.11. The first kappa shape index (κ1) is 17.3. The van der Waals surface area contributed by atoms with E-state index >= 15 is 0 Å². The molecule has 27 heavy (non-hydrogen) atoms. The number of Topliss-reactive ketones (excluding diaryl/α,β-unsaturated/α-hetero) is 1. The first-order chi connectivity index (χ1) is 13.0. The average Bonchev–Trinajstić information content (AvgIpc) is 3.03. The number of para-hydroxylation sites is 1.